The average Bonchev–Trinajstić information content (AvgIpc) is 2.60. The van der Waals surface area contributed by atoms with Gasteiger partial charge in [-0.1, -0.05) is 6.07 Å². The van der Waals surface area contributed by atoms with E-state index in [4.69, 9.17) is 15.4 Å². The zero-order valence-corrected chi connectivity index (χ0v) is 7.02. The molecule has 0 saturated heterocycles. The van der Waals surface area contributed by atoms with Crippen molar-refractivity contribution >= 4 is 17.0 Å². The molecule has 0 aliphatic carbocycles. The number of hydrogen-bond donors (Lipinski definition) is 1. The number of carbonyl (C=O) groups is 1. The summed E-state index contributed by atoms with van der Waals surface area (Å²) in [5.41, 5.74) is 6.10. The molecule has 0 fully saturated rings. The highest BCUT2D eigenvalue weighted by Crippen LogP contribution is 2.18. The predicted molar refractivity (Wildman–Crippen MR) is 47.2 cm³/mol. The van der Waals surface area contributed by atoms with Crippen molar-refractivity contribution in [3.63, 3.8) is 0 Å². The minimum atomic E-state index is -0.745. The zero-order chi connectivity index (χ0) is 10.1. The first-order valence-electron chi connectivity index (χ1n) is 3.82. The molecule has 5 nitrogen and oxygen atoms in total. The number of oxazole rings is 1. The molecule has 0 aliphatic rings. The molecule has 0 unspecified atom stereocenters. The van der Waals surface area contributed by atoms with E-state index in [1.165, 1.54) is 0 Å². The average molecular weight is 187 g/mol. The van der Waals surface area contributed by atoms with E-state index in [1.54, 1.807) is 18.2 Å². The summed E-state index contributed by atoms with van der Waals surface area (Å²) in [6, 6.07) is 6.81. The lowest BCUT2D eigenvalue weighted by atomic mass is 10.2. The van der Waals surface area contributed by atoms with Crippen LogP contribution in [-0.2, 0) is 0 Å². The number of fused-ring (bicyclic) bond motifs is 1. The Balaban J connectivity index is 2.78. The van der Waals surface area contributed by atoms with Crippen molar-refractivity contribution in [3.8, 4) is 6.07 Å². The Hall–Kier alpha value is -2.35. The number of amides is 1. The minimum absolute atomic E-state index is 0.178. The van der Waals surface area contributed by atoms with Crippen molar-refractivity contribution in [3.05, 3.63) is 29.7 Å². The molecule has 0 aliphatic heterocycles. The fourth-order valence-electron chi connectivity index (χ4n) is 1.14. The summed E-state index contributed by atoms with van der Waals surface area (Å²) in [5, 5.41) is 8.74. The van der Waals surface area contributed by atoms with Crippen LogP contribution in [0.25, 0.3) is 11.1 Å². The summed E-state index contributed by atoms with van der Waals surface area (Å²) in [6.07, 6.45) is 0. The molecular formula is C9H5N3O2. The van der Waals surface area contributed by atoms with E-state index in [9.17, 15) is 4.79 Å². The highest BCUT2D eigenvalue weighted by molar-refractivity contribution is 5.92. The number of nitrogens with zero attached hydrogens (tertiary/aromatic N) is 2. The fourth-order valence-corrected chi connectivity index (χ4v) is 1.14. The summed E-state index contributed by atoms with van der Waals surface area (Å²) in [6.45, 7) is 0. The van der Waals surface area contributed by atoms with Gasteiger partial charge in [-0.05, 0) is 12.1 Å². The molecular weight excluding hydrogens is 182 g/mol. The number of primary amides is 1. The summed E-state index contributed by atoms with van der Waals surface area (Å²) >= 11 is 0. The molecule has 2 rings (SSSR count). The Morgan fingerprint density at radius 2 is 2.36 bits per heavy atom. The van der Waals surface area contributed by atoms with E-state index < -0.39 is 5.91 Å². The van der Waals surface area contributed by atoms with Crippen molar-refractivity contribution in [1.29, 1.82) is 5.26 Å². The van der Waals surface area contributed by atoms with Gasteiger partial charge in [-0.25, -0.2) is 4.98 Å². The van der Waals surface area contributed by atoms with E-state index in [0.29, 0.717) is 16.7 Å². The Morgan fingerprint density at radius 1 is 1.57 bits per heavy atom. The summed E-state index contributed by atoms with van der Waals surface area (Å²) in [4.78, 5) is 14.6. The molecule has 0 bridgehead atoms. The number of benzene rings is 1. The van der Waals surface area contributed by atoms with Crippen LogP contribution in [-0.4, -0.2) is 10.9 Å². The molecule has 1 aromatic heterocycles. The SMILES string of the molecule is N#Cc1cccc2oc(C(N)=O)nc12. The molecule has 1 amide bonds. The number of nitrogens with two attached hydrogens (primary N) is 1. The third kappa shape index (κ3) is 1.10. The van der Waals surface area contributed by atoms with Gasteiger partial charge in [0.05, 0.1) is 5.56 Å². The third-order valence-electron chi connectivity index (χ3n) is 1.75. The van der Waals surface area contributed by atoms with Crippen LogP contribution in [0.4, 0.5) is 0 Å². The van der Waals surface area contributed by atoms with Crippen LogP contribution < -0.4 is 5.73 Å². The van der Waals surface area contributed by atoms with Crippen LogP contribution in [0.15, 0.2) is 22.6 Å². The largest absolute Gasteiger partial charge is 0.432 e. The number of nitriles is 1. The number of carbonyl (C=O) groups excluding carboxylic acids is 1. The van der Waals surface area contributed by atoms with E-state index >= 15 is 0 Å². The van der Waals surface area contributed by atoms with Crippen molar-refractivity contribution in [2.24, 2.45) is 5.73 Å². The van der Waals surface area contributed by atoms with Gasteiger partial charge >= 0.3 is 5.91 Å². The Bertz CT molecular complexity index is 551. The lowest BCUT2D eigenvalue weighted by Crippen LogP contribution is -2.10. The highest BCUT2D eigenvalue weighted by Gasteiger charge is 2.12. The molecule has 0 radical (unpaired) electrons. The molecule has 0 saturated carbocycles. The molecule has 0 spiro atoms. The molecule has 5 heteroatoms. The Labute approximate surface area is 78.8 Å². The second-order valence-corrected chi connectivity index (χ2v) is 2.65. The van der Waals surface area contributed by atoms with Gasteiger partial charge in [0.15, 0.2) is 5.58 Å². The van der Waals surface area contributed by atoms with Crippen LogP contribution in [0.3, 0.4) is 0 Å². The number of rotatable bonds is 1. The molecule has 1 aromatic carbocycles. The van der Waals surface area contributed by atoms with E-state index in [1.807, 2.05) is 6.07 Å². The predicted octanol–water partition coefficient (Wildman–Crippen LogP) is 0.798. The van der Waals surface area contributed by atoms with E-state index in [0.717, 1.165) is 0 Å². The van der Waals surface area contributed by atoms with Crippen LogP contribution >= 0.6 is 0 Å². The summed E-state index contributed by atoms with van der Waals surface area (Å²) in [5.74, 6) is -0.923. The van der Waals surface area contributed by atoms with Gasteiger partial charge < -0.3 is 10.2 Å². The maximum Gasteiger partial charge on any atom is 0.304 e. The fraction of sp³-hybridized carbons (Fsp3) is 0. The number of hydrogen-bond acceptors (Lipinski definition) is 4. The van der Waals surface area contributed by atoms with Gasteiger partial charge in [-0.3, -0.25) is 4.79 Å². The van der Waals surface area contributed by atoms with Gasteiger partial charge in [0.25, 0.3) is 5.89 Å². The Kier molecular flexibility index (Phi) is 1.68. The lowest BCUT2D eigenvalue weighted by Gasteiger charge is -1.86. The van der Waals surface area contributed by atoms with Crippen LogP contribution in [0.2, 0.25) is 0 Å². The zero-order valence-electron chi connectivity index (χ0n) is 7.02. The maximum absolute atomic E-state index is 10.8. The van der Waals surface area contributed by atoms with Gasteiger partial charge in [0.2, 0.25) is 0 Å². The van der Waals surface area contributed by atoms with Crippen LogP contribution in [0.1, 0.15) is 16.2 Å². The first-order chi connectivity index (χ1) is 6.72. The molecule has 68 valence electrons. The van der Waals surface area contributed by atoms with Crippen molar-refractivity contribution in [2.45, 2.75) is 0 Å². The normalized spacial score (nSPS) is 9.93. The van der Waals surface area contributed by atoms with Crippen molar-refractivity contribution in [2.75, 3.05) is 0 Å². The first kappa shape index (κ1) is 8.26. The number of aromatic nitrogens is 1. The van der Waals surface area contributed by atoms with Gasteiger partial charge in [0, 0.05) is 0 Å². The van der Waals surface area contributed by atoms with Crippen molar-refractivity contribution < 1.29 is 9.21 Å². The van der Waals surface area contributed by atoms with Gasteiger partial charge in [-0.15, -0.1) is 0 Å². The second-order valence-electron chi connectivity index (χ2n) is 2.65. The molecule has 0 atom stereocenters. The monoisotopic (exact) mass is 187 g/mol. The molecule has 1 heterocycles. The second kappa shape index (κ2) is 2.85. The summed E-state index contributed by atoms with van der Waals surface area (Å²) in [7, 11) is 0. The van der Waals surface area contributed by atoms with Crippen LogP contribution in [0.5, 0.6) is 0 Å². The van der Waals surface area contributed by atoms with Gasteiger partial charge in [-0.2, -0.15) is 5.26 Å². The molecule has 2 aromatic rings. The minimum Gasteiger partial charge on any atom is -0.432 e. The van der Waals surface area contributed by atoms with Crippen molar-refractivity contribution in [1.82, 2.24) is 4.98 Å². The first-order valence-corrected chi connectivity index (χ1v) is 3.82. The summed E-state index contributed by atoms with van der Waals surface area (Å²) < 4.78 is 5.04. The quantitative estimate of drug-likeness (QED) is 0.714. The number of para-hydroxylation sites is 1. The van der Waals surface area contributed by atoms with Gasteiger partial charge in [0.1, 0.15) is 11.6 Å². The maximum atomic E-state index is 10.8. The Morgan fingerprint density at radius 3 is 3.00 bits per heavy atom. The molecule has 14 heavy (non-hydrogen) atoms. The van der Waals surface area contributed by atoms with E-state index in [2.05, 4.69) is 4.98 Å². The standard InChI is InChI=1S/C9H5N3O2/c10-4-5-2-1-3-6-7(5)12-9(14-6)8(11)13/h1-3H,(H2,11,13). The topological polar surface area (TPSA) is 92.9 Å². The van der Waals surface area contributed by atoms with E-state index in [-0.39, 0.29) is 5.89 Å². The highest BCUT2D eigenvalue weighted by atomic mass is 16.4. The smallest absolute Gasteiger partial charge is 0.304 e. The lowest BCUT2D eigenvalue weighted by molar-refractivity contribution is 0.0969. The molecule has 2 N–H and O–H groups in total. The third-order valence-corrected chi connectivity index (χ3v) is 1.75. The van der Waals surface area contributed by atoms with Crippen LogP contribution in [0, 0.1) is 11.3 Å².